The summed E-state index contributed by atoms with van der Waals surface area (Å²) in [4.78, 5) is 0. The summed E-state index contributed by atoms with van der Waals surface area (Å²) in [7, 11) is 1.71. The lowest BCUT2D eigenvalue weighted by Crippen LogP contribution is -1.88. The van der Waals surface area contributed by atoms with E-state index in [1.165, 1.54) is 42.4 Å². The lowest BCUT2D eigenvalue weighted by molar-refractivity contribution is 0.414. The van der Waals surface area contributed by atoms with Gasteiger partial charge in [0.1, 0.15) is 5.75 Å². The van der Waals surface area contributed by atoms with E-state index in [1.54, 1.807) is 7.11 Å². The van der Waals surface area contributed by atoms with Crippen LogP contribution in [0.2, 0.25) is 0 Å². The Kier molecular flexibility index (Phi) is 6.76. The molecule has 0 spiro atoms. The topological polar surface area (TPSA) is 9.23 Å². The molecule has 0 unspecified atom stereocenters. The highest BCUT2D eigenvalue weighted by Gasteiger charge is 2.03. The predicted octanol–water partition coefficient (Wildman–Crippen LogP) is 6.21. The van der Waals surface area contributed by atoms with Crippen LogP contribution in [0.3, 0.4) is 0 Å². The Bertz CT molecular complexity index is 584. The monoisotopic (exact) mass is 294 g/mol. The van der Waals surface area contributed by atoms with Gasteiger partial charge in [-0.05, 0) is 41.7 Å². The maximum absolute atomic E-state index is 5.33. The van der Waals surface area contributed by atoms with Crippen LogP contribution in [0.5, 0.6) is 5.75 Å². The van der Waals surface area contributed by atoms with Crippen LogP contribution in [0, 0.1) is 0 Å². The summed E-state index contributed by atoms with van der Waals surface area (Å²) in [6.45, 7) is 2.25. The van der Waals surface area contributed by atoms with Crippen LogP contribution < -0.4 is 4.74 Å². The van der Waals surface area contributed by atoms with Crippen LogP contribution in [0.4, 0.5) is 0 Å². The van der Waals surface area contributed by atoms with E-state index < -0.39 is 0 Å². The molecule has 0 aliphatic rings. The minimum absolute atomic E-state index is 0.909. The number of methoxy groups -OCH3 is 1. The van der Waals surface area contributed by atoms with Crippen LogP contribution in [-0.4, -0.2) is 7.11 Å². The summed E-state index contributed by atoms with van der Waals surface area (Å²) in [5.41, 5.74) is 3.93. The molecule has 0 bridgehead atoms. The highest BCUT2D eigenvalue weighted by atomic mass is 16.5. The molecule has 1 heteroatoms. The van der Waals surface area contributed by atoms with Gasteiger partial charge in [-0.3, -0.25) is 0 Å². The molecule has 22 heavy (non-hydrogen) atoms. The molecule has 0 N–H and O–H groups in total. The molecule has 0 fully saturated rings. The maximum atomic E-state index is 5.33. The average Bonchev–Trinajstić information content (AvgIpc) is 2.58. The molecule has 0 amide bonds. The van der Waals surface area contributed by atoms with Gasteiger partial charge in [0.05, 0.1) is 7.11 Å². The highest BCUT2D eigenvalue weighted by molar-refractivity contribution is 5.81. The van der Waals surface area contributed by atoms with Gasteiger partial charge < -0.3 is 4.74 Å². The lowest BCUT2D eigenvalue weighted by Gasteiger charge is -2.09. The van der Waals surface area contributed by atoms with Crippen LogP contribution in [-0.2, 0) is 0 Å². The van der Waals surface area contributed by atoms with Crippen molar-refractivity contribution in [2.75, 3.05) is 7.11 Å². The number of hydrogen-bond donors (Lipinski definition) is 0. The second kappa shape index (κ2) is 9.09. The fourth-order valence-corrected chi connectivity index (χ4v) is 2.63. The standard InChI is InChI=1S/C21H26O/c1-3-4-5-7-14-20(19-12-8-6-9-13-19)16-18-11-10-15-21(17-18)22-2/h6,8-13,15-17H,3-5,7,14H2,1-2H3/b20-16+. The number of rotatable bonds is 8. The molecule has 0 aliphatic carbocycles. The first-order valence-corrected chi connectivity index (χ1v) is 8.23. The first kappa shape index (κ1) is 16.4. The summed E-state index contributed by atoms with van der Waals surface area (Å²) in [6.07, 6.45) is 8.57. The van der Waals surface area contributed by atoms with Crippen LogP contribution in [0.1, 0.15) is 50.2 Å². The molecule has 1 nitrogen and oxygen atoms in total. The minimum Gasteiger partial charge on any atom is -0.497 e. The molecule has 2 rings (SSSR count). The Labute approximate surface area is 134 Å². The number of benzene rings is 2. The second-order valence-corrected chi connectivity index (χ2v) is 5.62. The Morgan fingerprint density at radius 1 is 0.955 bits per heavy atom. The zero-order chi connectivity index (χ0) is 15.6. The third kappa shape index (κ3) is 5.07. The molecule has 0 saturated carbocycles. The van der Waals surface area contributed by atoms with E-state index in [4.69, 9.17) is 4.74 Å². The molecule has 2 aromatic carbocycles. The molecule has 0 heterocycles. The lowest BCUT2D eigenvalue weighted by atomic mass is 9.97. The van der Waals surface area contributed by atoms with Gasteiger partial charge in [0.2, 0.25) is 0 Å². The van der Waals surface area contributed by atoms with E-state index in [1.807, 2.05) is 12.1 Å². The van der Waals surface area contributed by atoms with Gasteiger partial charge in [0.15, 0.2) is 0 Å². The molecular formula is C21H26O. The molecular weight excluding hydrogens is 268 g/mol. The fourth-order valence-electron chi connectivity index (χ4n) is 2.63. The number of allylic oxidation sites excluding steroid dienone is 1. The van der Waals surface area contributed by atoms with Gasteiger partial charge in [-0.2, -0.15) is 0 Å². The Hall–Kier alpha value is -2.02. The molecule has 0 aromatic heterocycles. The van der Waals surface area contributed by atoms with Crippen LogP contribution >= 0.6 is 0 Å². The molecule has 2 aromatic rings. The predicted molar refractivity (Wildman–Crippen MR) is 96.1 cm³/mol. The third-order valence-corrected chi connectivity index (χ3v) is 3.88. The molecule has 0 radical (unpaired) electrons. The van der Waals surface area contributed by atoms with E-state index in [2.05, 4.69) is 55.5 Å². The summed E-state index contributed by atoms with van der Waals surface area (Å²) in [6, 6.07) is 19.0. The SMILES string of the molecule is CCCCCC/C(=C\c1cccc(OC)c1)c1ccccc1. The highest BCUT2D eigenvalue weighted by Crippen LogP contribution is 2.25. The second-order valence-electron chi connectivity index (χ2n) is 5.62. The van der Waals surface area contributed by atoms with E-state index in [-0.39, 0.29) is 0 Å². The van der Waals surface area contributed by atoms with Crippen molar-refractivity contribution in [2.45, 2.75) is 39.0 Å². The zero-order valence-corrected chi connectivity index (χ0v) is 13.7. The summed E-state index contributed by atoms with van der Waals surface area (Å²) < 4.78 is 5.33. The Morgan fingerprint density at radius 2 is 1.77 bits per heavy atom. The quantitative estimate of drug-likeness (QED) is 0.415. The number of unbranched alkanes of at least 4 members (excludes halogenated alkanes) is 3. The van der Waals surface area contributed by atoms with Crippen LogP contribution in [0.25, 0.3) is 11.6 Å². The van der Waals surface area contributed by atoms with Gasteiger partial charge in [0, 0.05) is 0 Å². The summed E-state index contributed by atoms with van der Waals surface area (Å²) >= 11 is 0. The Balaban J connectivity index is 2.20. The van der Waals surface area contributed by atoms with Crippen molar-refractivity contribution < 1.29 is 4.74 Å². The Morgan fingerprint density at radius 3 is 2.50 bits per heavy atom. The fraction of sp³-hybridized carbons (Fsp3) is 0.333. The third-order valence-electron chi connectivity index (χ3n) is 3.88. The number of ether oxygens (including phenoxy) is 1. The van der Waals surface area contributed by atoms with Crippen molar-refractivity contribution in [3.8, 4) is 5.75 Å². The van der Waals surface area contributed by atoms with Crippen molar-refractivity contribution in [2.24, 2.45) is 0 Å². The van der Waals surface area contributed by atoms with Crippen LogP contribution in [0.15, 0.2) is 54.6 Å². The van der Waals surface area contributed by atoms with Gasteiger partial charge in [0.25, 0.3) is 0 Å². The van der Waals surface area contributed by atoms with Crippen molar-refractivity contribution >= 4 is 11.6 Å². The van der Waals surface area contributed by atoms with Gasteiger partial charge in [-0.25, -0.2) is 0 Å². The molecule has 0 atom stereocenters. The normalized spacial score (nSPS) is 11.5. The van der Waals surface area contributed by atoms with Gasteiger partial charge in [-0.1, -0.05) is 74.7 Å². The summed E-state index contributed by atoms with van der Waals surface area (Å²) in [5, 5.41) is 0. The van der Waals surface area contributed by atoms with Gasteiger partial charge >= 0.3 is 0 Å². The molecule has 0 aliphatic heterocycles. The van der Waals surface area contributed by atoms with E-state index >= 15 is 0 Å². The molecule has 0 saturated heterocycles. The smallest absolute Gasteiger partial charge is 0.119 e. The van der Waals surface area contributed by atoms with Crippen molar-refractivity contribution in [3.63, 3.8) is 0 Å². The largest absolute Gasteiger partial charge is 0.497 e. The minimum atomic E-state index is 0.909. The summed E-state index contributed by atoms with van der Waals surface area (Å²) in [5.74, 6) is 0.909. The first-order valence-electron chi connectivity index (χ1n) is 8.23. The van der Waals surface area contributed by atoms with Gasteiger partial charge in [-0.15, -0.1) is 0 Å². The maximum Gasteiger partial charge on any atom is 0.119 e. The van der Waals surface area contributed by atoms with Crippen molar-refractivity contribution in [1.29, 1.82) is 0 Å². The molecule has 116 valence electrons. The van der Waals surface area contributed by atoms with E-state index in [0.717, 1.165) is 12.2 Å². The van der Waals surface area contributed by atoms with E-state index in [9.17, 15) is 0 Å². The first-order chi connectivity index (χ1) is 10.8. The van der Waals surface area contributed by atoms with Crippen molar-refractivity contribution in [1.82, 2.24) is 0 Å². The van der Waals surface area contributed by atoms with E-state index in [0.29, 0.717) is 0 Å². The average molecular weight is 294 g/mol. The zero-order valence-electron chi connectivity index (χ0n) is 13.7. The number of hydrogen-bond acceptors (Lipinski definition) is 1. The van der Waals surface area contributed by atoms with Crippen molar-refractivity contribution in [3.05, 3.63) is 65.7 Å².